The van der Waals surface area contributed by atoms with E-state index in [4.69, 9.17) is 13.9 Å². The van der Waals surface area contributed by atoms with Crippen molar-refractivity contribution in [2.24, 2.45) is 0 Å². The molecule has 1 amide bonds. The van der Waals surface area contributed by atoms with Gasteiger partial charge in [-0.3, -0.25) is 4.79 Å². The van der Waals surface area contributed by atoms with Crippen LogP contribution in [0.4, 0.5) is 8.78 Å². The minimum atomic E-state index is -1.08. The zero-order valence-electron chi connectivity index (χ0n) is 14.4. The van der Waals surface area contributed by atoms with Gasteiger partial charge in [0.25, 0.3) is 5.91 Å². The van der Waals surface area contributed by atoms with Crippen molar-refractivity contribution in [2.75, 3.05) is 20.2 Å². The Bertz CT molecular complexity index is 759. The Morgan fingerprint density at radius 3 is 3.00 bits per heavy atom. The molecule has 3 rings (SSSR count). The van der Waals surface area contributed by atoms with Crippen LogP contribution in [0.15, 0.2) is 28.9 Å². The summed E-state index contributed by atoms with van der Waals surface area (Å²) in [6, 6.07) is 3.63. The summed E-state index contributed by atoms with van der Waals surface area (Å²) in [5.41, 5.74) is 0.127. The van der Waals surface area contributed by atoms with Crippen LogP contribution in [0.2, 0.25) is 0 Å². The van der Waals surface area contributed by atoms with Gasteiger partial charge in [-0.25, -0.2) is 9.37 Å². The Morgan fingerprint density at radius 1 is 1.38 bits per heavy atom. The summed E-state index contributed by atoms with van der Waals surface area (Å²) in [5, 5.41) is 0. The van der Waals surface area contributed by atoms with Crippen molar-refractivity contribution < 1.29 is 27.5 Å². The molecule has 26 heavy (non-hydrogen) atoms. The molecule has 6 nitrogen and oxygen atoms in total. The number of aromatic nitrogens is 1. The van der Waals surface area contributed by atoms with E-state index in [1.165, 1.54) is 23.3 Å². The predicted octanol–water partition coefficient (Wildman–Crippen LogP) is 3.17. The molecule has 0 radical (unpaired) electrons. The zero-order chi connectivity index (χ0) is 18.5. The summed E-state index contributed by atoms with van der Waals surface area (Å²) < 4.78 is 42.7. The summed E-state index contributed by atoms with van der Waals surface area (Å²) in [7, 11) is 1.67. The second-order valence-electron chi connectivity index (χ2n) is 6.14. The molecule has 1 saturated heterocycles. The zero-order valence-corrected chi connectivity index (χ0v) is 14.4. The van der Waals surface area contributed by atoms with E-state index in [1.54, 1.807) is 7.05 Å². The number of hydrogen-bond donors (Lipinski definition) is 0. The molecule has 1 aromatic heterocycles. The molecule has 0 N–H and O–H groups in total. The normalized spacial score (nSPS) is 17.1. The second kappa shape index (κ2) is 8.27. The van der Waals surface area contributed by atoms with Crippen molar-refractivity contribution in [1.29, 1.82) is 0 Å². The second-order valence-corrected chi connectivity index (χ2v) is 6.14. The average molecular weight is 366 g/mol. The molecule has 0 unspecified atom stereocenters. The quantitative estimate of drug-likeness (QED) is 0.786. The standard InChI is InChI=1S/C18H20F2N2O4/c1-22(9-12-5-2-3-8-24-12)18(23)14-10-26-16(21-14)11-25-15-7-4-6-13(19)17(15)20/h4,6-7,10,12H,2-3,5,8-9,11H2,1H3/t12-/m1/s1. The molecule has 2 aromatic rings. The van der Waals surface area contributed by atoms with Gasteiger partial charge in [0.1, 0.15) is 6.26 Å². The number of ether oxygens (including phenoxy) is 2. The monoisotopic (exact) mass is 366 g/mol. The number of benzene rings is 1. The molecule has 0 bridgehead atoms. The van der Waals surface area contributed by atoms with Crippen molar-refractivity contribution in [3.63, 3.8) is 0 Å². The van der Waals surface area contributed by atoms with E-state index in [0.717, 1.165) is 31.9 Å². The number of carbonyl (C=O) groups is 1. The van der Waals surface area contributed by atoms with Crippen LogP contribution in [-0.4, -0.2) is 42.1 Å². The molecule has 8 heteroatoms. The number of oxazole rings is 1. The summed E-state index contributed by atoms with van der Waals surface area (Å²) in [6.07, 6.45) is 4.32. The summed E-state index contributed by atoms with van der Waals surface area (Å²) in [4.78, 5) is 18.0. The van der Waals surface area contributed by atoms with E-state index >= 15 is 0 Å². The van der Waals surface area contributed by atoms with Gasteiger partial charge >= 0.3 is 0 Å². The van der Waals surface area contributed by atoms with E-state index < -0.39 is 11.6 Å². The van der Waals surface area contributed by atoms with Gasteiger partial charge in [-0.15, -0.1) is 0 Å². The molecule has 1 aliphatic rings. The topological polar surface area (TPSA) is 64.8 Å². The van der Waals surface area contributed by atoms with Crippen molar-refractivity contribution in [2.45, 2.75) is 32.0 Å². The van der Waals surface area contributed by atoms with Crippen LogP contribution in [0.1, 0.15) is 35.6 Å². The maximum absolute atomic E-state index is 13.5. The van der Waals surface area contributed by atoms with Gasteiger partial charge < -0.3 is 18.8 Å². The fourth-order valence-corrected chi connectivity index (χ4v) is 2.75. The Labute approximate surface area is 149 Å². The van der Waals surface area contributed by atoms with E-state index in [9.17, 15) is 13.6 Å². The number of nitrogens with zero attached hydrogens (tertiary/aromatic N) is 2. The third kappa shape index (κ3) is 4.37. The van der Waals surface area contributed by atoms with Crippen LogP contribution < -0.4 is 4.74 Å². The lowest BCUT2D eigenvalue weighted by Crippen LogP contribution is -2.37. The minimum absolute atomic E-state index is 0.0309. The van der Waals surface area contributed by atoms with Gasteiger partial charge in [0.2, 0.25) is 11.7 Å². The molecule has 1 aromatic carbocycles. The van der Waals surface area contributed by atoms with Gasteiger partial charge in [0.15, 0.2) is 23.9 Å². The average Bonchev–Trinajstić information content (AvgIpc) is 3.12. The van der Waals surface area contributed by atoms with E-state index in [-0.39, 0.29) is 36.0 Å². The maximum Gasteiger partial charge on any atom is 0.275 e. The molecule has 0 saturated carbocycles. The summed E-state index contributed by atoms with van der Waals surface area (Å²) in [6.45, 7) is 0.976. The molecular formula is C18H20F2N2O4. The predicted molar refractivity (Wildman–Crippen MR) is 87.7 cm³/mol. The number of amides is 1. The molecule has 140 valence electrons. The first-order valence-corrected chi connectivity index (χ1v) is 8.43. The van der Waals surface area contributed by atoms with Crippen LogP contribution in [0.5, 0.6) is 5.75 Å². The van der Waals surface area contributed by atoms with E-state index in [1.807, 2.05) is 0 Å². The molecular weight excluding hydrogens is 346 g/mol. The Balaban J connectivity index is 1.56. The van der Waals surface area contributed by atoms with E-state index in [0.29, 0.717) is 6.54 Å². The smallest absolute Gasteiger partial charge is 0.275 e. The van der Waals surface area contributed by atoms with Crippen molar-refractivity contribution >= 4 is 5.91 Å². The maximum atomic E-state index is 13.5. The van der Waals surface area contributed by atoms with Gasteiger partial charge in [-0.1, -0.05) is 6.07 Å². The number of halogens is 2. The van der Waals surface area contributed by atoms with Crippen LogP contribution in [0, 0.1) is 11.6 Å². The highest BCUT2D eigenvalue weighted by Crippen LogP contribution is 2.20. The third-order valence-corrected chi connectivity index (χ3v) is 4.14. The van der Waals surface area contributed by atoms with Crippen molar-refractivity contribution in [1.82, 2.24) is 9.88 Å². The molecule has 0 aliphatic carbocycles. The summed E-state index contributed by atoms with van der Waals surface area (Å²) in [5.74, 6) is -2.53. The van der Waals surface area contributed by atoms with Gasteiger partial charge in [-0.2, -0.15) is 4.39 Å². The molecule has 0 spiro atoms. The first kappa shape index (κ1) is 18.3. The first-order chi connectivity index (χ1) is 12.5. The van der Waals surface area contributed by atoms with Gasteiger partial charge in [0, 0.05) is 20.2 Å². The van der Waals surface area contributed by atoms with Crippen molar-refractivity contribution in [3.8, 4) is 5.75 Å². The number of likely N-dealkylation sites (N-methyl/N-ethyl adjacent to an activating group) is 1. The SMILES string of the molecule is CN(C[C@H]1CCCCO1)C(=O)c1coc(COc2cccc(F)c2F)n1. The first-order valence-electron chi connectivity index (χ1n) is 8.43. The third-order valence-electron chi connectivity index (χ3n) is 4.14. The lowest BCUT2D eigenvalue weighted by atomic mass is 10.1. The highest BCUT2D eigenvalue weighted by molar-refractivity contribution is 5.91. The van der Waals surface area contributed by atoms with Crippen LogP contribution >= 0.6 is 0 Å². The fraction of sp³-hybridized carbons (Fsp3) is 0.444. The summed E-state index contributed by atoms with van der Waals surface area (Å²) >= 11 is 0. The minimum Gasteiger partial charge on any atom is -0.481 e. The Kier molecular flexibility index (Phi) is 5.82. The number of rotatable bonds is 6. The number of carbonyl (C=O) groups excluding carboxylic acids is 1. The van der Waals surface area contributed by atoms with Crippen LogP contribution in [0.3, 0.4) is 0 Å². The Morgan fingerprint density at radius 2 is 2.23 bits per heavy atom. The lowest BCUT2D eigenvalue weighted by Gasteiger charge is -2.26. The highest BCUT2D eigenvalue weighted by Gasteiger charge is 2.22. The van der Waals surface area contributed by atoms with E-state index in [2.05, 4.69) is 4.98 Å². The Hall–Kier alpha value is -2.48. The molecule has 1 aliphatic heterocycles. The highest BCUT2D eigenvalue weighted by atomic mass is 19.2. The fourth-order valence-electron chi connectivity index (χ4n) is 2.75. The van der Waals surface area contributed by atoms with Gasteiger partial charge in [-0.05, 0) is 31.4 Å². The molecule has 2 heterocycles. The number of hydrogen-bond acceptors (Lipinski definition) is 5. The van der Waals surface area contributed by atoms with Crippen molar-refractivity contribution in [3.05, 3.63) is 47.7 Å². The van der Waals surface area contributed by atoms with Crippen LogP contribution in [-0.2, 0) is 11.3 Å². The lowest BCUT2D eigenvalue weighted by molar-refractivity contribution is -0.000293. The van der Waals surface area contributed by atoms with Gasteiger partial charge in [0.05, 0.1) is 6.10 Å². The van der Waals surface area contributed by atoms with Crippen LogP contribution in [0.25, 0.3) is 0 Å². The molecule has 1 atom stereocenters. The largest absolute Gasteiger partial charge is 0.481 e. The molecule has 1 fully saturated rings.